The Morgan fingerprint density at radius 2 is 1.82 bits per heavy atom. The molecular formula is C20H24N4O3S. The standard InChI is InChI=1S/C20H24N4O3S/c1-13(2)23-20-24(22-11-15-7-6-8-21-15)16(12-28-20)14-9-17(25-3)19(27-5)18(10-14)26-4/h6-13,21H,1-5H3. The molecule has 0 saturated heterocycles. The summed E-state index contributed by atoms with van der Waals surface area (Å²) in [6.45, 7) is 4.08. The molecule has 0 radical (unpaired) electrons. The number of aromatic nitrogens is 2. The topological polar surface area (TPSA) is 73.1 Å². The number of hydrogen-bond acceptors (Lipinski definition) is 6. The predicted molar refractivity (Wildman–Crippen MR) is 112 cm³/mol. The van der Waals surface area contributed by atoms with Crippen molar-refractivity contribution in [2.24, 2.45) is 10.1 Å². The highest BCUT2D eigenvalue weighted by molar-refractivity contribution is 7.07. The summed E-state index contributed by atoms with van der Waals surface area (Å²) in [6, 6.07) is 7.85. The predicted octanol–water partition coefficient (Wildman–Crippen LogP) is 3.76. The first kappa shape index (κ1) is 19.8. The van der Waals surface area contributed by atoms with Gasteiger partial charge in [-0.05, 0) is 38.1 Å². The van der Waals surface area contributed by atoms with E-state index in [2.05, 4.69) is 10.1 Å². The van der Waals surface area contributed by atoms with Gasteiger partial charge in [0.25, 0.3) is 0 Å². The third kappa shape index (κ3) is 4.12. The van der Waals surface area contributed by atoms with Crippen LogP contribution in [0.25, 0.3) is 11.3 Å². The summed E-state index contributed by atoms with van der Waals surface area (Å²) in [7, 11) is 4.79. The Morgan fingerprint density at radius 1 is 1.11 bits per heavy atom. The van der Waals surface area contributed by atoms with Crippen LogP contribution in [0.5, 0.6) is 17.2 Å². The molecule has 8 heteroatoms. The van der Waals surface area contributed by atoms with Gasteiger partial charge in [-0.15, -0.1) is 11.3 Å². The van der Waals surface area contributed by atoms with Crippen molar-refractivity contribution < 1.29 is 14.2 Å². The summed E-state index contributed by atoms with van der Waals surface area (Å²) < 4.78 is 18.2. The quantitative estimate of drug-likeness (QED) is 0.614. The van der Waals surface area contributed by atoms with E-state index >= 15 is 0 Å². The van der Waals surface area contributed by atoms with Crippen LogP contribution in [-0.4, -0.2) is 43.2 Å². The number of methoxy groups -OCH3 is 3. The maximum atomic E-state index is 5.49. The van der Waals surface area contributed by atoms with Gasteiger partial charge in [0.15, 0.2) is 11.5 Å². The van der Waals surface area contributed by atoms with Gasteiger partial charge in [-0.2, -0.15) is 5.10 Å². The second-order valence-electron chi connectivity index (χ2n) is 6.22. The number of aromatic amines is 1. The van der Waals surface area contributed by atoms with Gasteiger partial charge in [0.05, 0.1) is 38.9 Å². The minimum Gasteiger partial charge on any atom is -0.493 e. The molecule has 3 rings (SSSR count). The fraction of sp³-hybridized carbons (Fsp3) is 0.300. The first-order chi connectivity index (χ1) is 13.6. The highest BCUT2D eigenvalue weighted by atomic mass is 32.1. The number of thiazole rings is 1. The van der Waals surface area contributed by atoms with E-state index in [4.69, 9.17) is 19.2 Å². The summed E-state index contributed by atoms with van der Waals surface area (Å²) in [6.07, 6.45) is 3.63. The van der Waals surface area contributed by atoms with Gasteiger partial charge < -0.3 is 19.2 Å². The minimum atomic E-state index is 0.151. The lowest BCUT2D eigenvalue weighted by Gasteiger charge is -2.14. The van der Waals surface area contributed by atoms with Crippen molar-refractivity contribution in [3.05, 3.63) is 46.3 Å². The van der Waals surface area contributed by atoms with Crippen molar-refractivity contribution in [2.45, 2.75) is 19.9 Å². The molecule has 1 N–H and O–H groups in total. The van der Waals surface area contributed by atoms with Crippen LogP contribution in [0.1, 0.15) is 19.5 Å². The number of rotatable bonds is 7. The number of ether oxygens (including phenoxy) is 3. The summed E-state index contributed by atoms with van der Waals surface area (Å²) in [5.74, 6) is 1.73. The zero-order chi connectivity index (χ0) is 20.1. The van der Waals surface area contributed by atoms with Crippen molar-refractivity contribution in [3.63, 3.8) is 0 Å². The van der Waals surface area contributed by atoms with Crippen LogP contribution in [-0.2, 0) is 0 Å². The molecule has 0 aliphatic carbocycles. The molecule has 0 atom stereocenters. The second kappa shape index (κ2) is 8.79. The Bertz CT molecular complexity index is 991. The Labute approximate surface area is 167 Å². The van der Waals surface area contributed by atoms with E-state index < -0.39 is 0 Å². The van der Waals surface area contributed by atoms with E-state index in [0.717, 1.165) is 21.8 Å². The summed E-state index contributed by atoms with van der Waals surface area (Å²) >= 11 is 1.53. The summed E-state index contributed by atoms with van der Waals surface area (Å²) in [4.78, 5) is 8.63. The zero-order valence-corrected chi connectivity index (χ0v) is 17.4. The van der Waals surface area contributed by atoms with Crippen molar-refractivity contribution in [2.75, 3.05) is 21.3 Å². The monoisotopic (exact) mass is 400 g/mol. The van der Waals surface area contributed by atoms with Crippen LogP contribution in [0.3, 0.4) is 0 Å². The average Bonchev–Trinajstić information content (AvgIpc) is 3.34. The van der Waals surface area contributed by atoms with Gasteiger partial charge in [-0.25, -0.2) is 4.68 Å². The third-order valence-corrected chi connectivity index (χ3v) is 4.78. The molecule has 0 fully saturated rings. The molecule has 0 aliphatic rings. The Kier molecular flexibility index (Phi) is 6.20. The van der Waals surface area contributed by atoms with Crippen LogP contribution in [0.15, 0.2) is 45.9 Å². The molecule has 148 valence electrons. The van der Waals surface area contributed by atoms with E-state index in [1.54, 1.807) is 27.5 Å². The maximum absolute atomic E-state index is 5.49. The first-order valence-electron chi connectivity index (χ1n) is 8.79. The second-order valence-corrected chi connectivity index (χ2v) is 7.06. The molecule has 7 nitrogen and oxygen atoms in total. The fourth-order valence-electron chi connectivity index (χ4n) is 2.69. The van der Waals surface area contributed by atoms with Gasteiger partial charge in [0.1, 0.15) is 0 Å². The summed E-state index contributed by atoms with van der Waals surface area (Å²) in [5.41, 5.74) is 2.68. The van der Waals surface area contributed by atoms with E-state index in [0.29, 0.717) is 17.2 Å². The largest absolute Gasteiger partial charge is 0.493 e. The van der Waals surface area contributed by atoms with Crippen molar-refractivity contribution in [1.29, 1.82) is 0 Å². The molecule has 0 aliphatic heterocycles. The first-order valence-corrected chi connectivity index (χ1v) is 9.67. The van der Waals surface area contributed by atoms with Crippen molar-refractivity contribution in [1.82, 2.24) is 9.66 Å². The number of nitrogens with one attached hydrogen (secondary N) is 1. The normalized spacial score (nSPS) is 12.1. The molecule has 2 heterocycles. The lowest BCUT2D eigenvalue weighted by Crippen LogP contribution is -2.14. The van der Waals surface area contributed by atoms with E-state index in [1.165, 1.54) is 11.3 Å². The zero-order valence-electron chi connectivity index (χ0n) is 16.6. The van der Waals surface area contributed by atoms with E-state index in [1.807, 2.05) is 54.4 Å². The van der Waals surface area contributed by atoms with Crippen LogP contribution in [0.4, 0.5) is 0 Å². The summed E-state index contributed by atoms with van der Waals surface area (Å²) in [5, 5.41) is 6.68. The minimum absolute atomic E-state index is 0.151. The van der Waals surface area contributed by atoms with Crippen molar-refractivity contribution >= 4 is 17.6 Å². The molecular weight excluding hydrogens is 376 g/mol. The average molecular weight is 401 g/mol. The number of nitrogens with zero attached hydrogens (tertiary/aromatic N) is 3. The van der Waals surface area contributed by atoms with Crippen LogP contribution < -0.4 is 19.0 Å². The molecule has 1 aromatic carbocycles. The van der Waals surface area contributed by atoms with Gasteiger partial charge in [-0.3, -0.25) is 4.99 Å². The van der Waals surface area contributed by atoms with Crippen LogP contribution >= 0.6 is 11.3 Å². The number of hydrogen-bond donors (Lipinski definition) is 1. The van der Waals surface area contributed by atoms with Gasteiger partial charge in [-0.1, -0.05) is 0 Å². The van der Waals surface area contributed by atoms with Gasteiger partial charge in [0.2, 0.25) is 10.6 Å². The molecule has 0 saturated carbocycles. The molecule has 0 unspecified atom stereocenters. The molecule has 28 heavy (non-hydrogen) atoms. The lowest BCUT2D eigenvalue weighted by atomic mass is 10.1. The van der Waals surface area contributed by atoms with Crippen molar-refractivity contribution in [3.8, 4) is 28.5 Å². The molecule has 2 aromatic heterocycles. The smallest absolute Gasteiger partial charge is 0.206 e. The molecule has 0 bridgehead atoms. The van der Waals surface area contributed by atoms with E-state index in [-0.39, 0.29) is 6.04 Å². The highest BCUT2D eigenvalue weighted by Gasteiger charge is 2.17. The molecule has 3 aromatic rings. The Balaban J connectivity index is 2.18. The van der Waals surface area contributed by atoms with Crippen LogP contribution in [0.2, 0.25) is 0 Å². The third-order valence-electron chi connectivity index (χ3n) is 3.95. The Hall–Kier alpha value is -3.00. The van der Waals surface area contributed by atoms with Crippen LogP contribution in [0, 0.1) is 0 Å². The van der Waals surface area contributed by atoms with Gasteiger partial charge in [0, 0.05) is 23.2 Å². The van der Waals surface area contributed by atoms with E-state index in [9.17, 15) is 0 Å². The maximum Gasteiger partial charge on any atom is 0.206 e. The lowest BCUT2D eigenvalue weighted by molar-refractivity contribution is 0.324. The fourth-order valence-corrected chi connectivity index (χ4v) is 3.66. The molecule has 0 spiro atoms. The molecule has 0 amide bonds. The SMILES string of the molecule is COc1cc(-c2csc(=NC(C)C)n2N=Cc2ccc[nH]2)cc(OC)c1OC. The number of H-pyrrole nitrogens is 1. The Morgan fingerprint density at radius 3 is 2.36 bits per heavy atom. The highest BCUT2D eigenvalue weighted by Crippen LogP contribution is 2.41. The number of benzene rings is 1. The van der Waals surface area contributed by atoms with Gasteiger partial charge >= 0.3 is 0 Å².